The fraction of sp³-hybridized carbons (Fsp3) is 0.211. The van der Waals surface area contributed by atoms with Crippen molar-refractivity contribution in [3.63, 3.8) is 0 Å². The van der Waals surface area contributed by atoms with Crippen molar-refractivity contribution in [2.24, 2.45) is 7.05 Å². The minimum absolute atomic E-state index is 0.0284. The molecule has 1 atom stereocenters. The number of nitrogens with one attached hydrogen (secondary N) is 1. The zero-order chi connectivity index (χ0) is 18.5. The summed E-state index contributed by atoms with van der Waals surface area (Å²) >= 11 is 0. The first-order chi connectivity index (χ1) is 13.1. The van der Waals surface area contributed by atoms with E-state index in [4.69, 9.17) is 10.2 Å². The lowest BCUT2D eigenvalue weighted by molar-refractivity contribution is -0.117. The number of amides is 1. The van der Waals surface area contributed by atoms with Crippen molar-refractivity contribution in [3.05, 3.63) is 48.2 Å². The highest BCUT2D eigenvalue weighted by molar-refractivity contribution is 6.02. The highest BCUT2D eigenvalue weighted by Crippen LogP contribution is 2.32. The van der Waals surface area contributed by atoms with Gasteiger partial charge in [-0.15, -0.1) is 0 Å². The molecule has 1 aliphatic rings. The van der Waals surface area contributed by atoms with Gasteiger partial charge in [-0.1, -0.05) is 0 Å². The summed E-state index contributed by atoms with van der Waals surface area (Å²) in [5.74, 6) is 0.795. The number of imidazole rings is 1. The first-order valence-electron chi connectivity index (χ1n) is 8.60. The summed E-state index contributed by atoms with van der Waals surface area (Å²) in [5, 5.41) is 14.1. The van der Waals surface area contributed by atoms with Crippen molar-refractivity contribution in [3.8, 4) is 6.07 Å². The summed E-state index contributed by atoms with van der Waals surface area (Å²) in [6, 6.07) is 7.53. The third-order valence-corrected chi connectivity index (χ3v) is 4.98. The Labute approximate surface area is 154 Å². The van der Waals surface area contributed by atoms with E-state index >= 15 is 0 Å². The van der Waals surface area contributed by atoms with Gasteiger partial charge in [-0.3, -0.25) is 14.5 Å². The molecule has 132 valence electrons. The normalized spacial score (nSPS) is 17.1. The van der Waals surface area contributed by atoms with Crippen molar-refractivity contribution in [1.82, 2.24) is 24.7 Å². The van der Waals surface area contributed by atoms with Gasteiger partial charge >= 0.3 is 0 Å². The van der Waals surface area contributed by atoms with Crippen molar-refractivity contribution >= 4 is 33.5 Å². The van der Waals surface area contributed by atoms with Crippen molar-refractivity contribution < 1.29 is 4.79 Å². The van der Waals surface area contributed by atoms with Crippen LogP contribution in [0.2, 0.25) is 0 Å². The number of hydrogen-bond donors (Lipinski definition) is 1. The predicted octanol–water partition coefficient (Wildman–Crippen LogP) is 2.24. The Morgan fingerprint density at radius 3 is 3.00 bits per heavy atom. The second-order valence-electron chi connectivity index (χ2n) is 6.76. The van der Waals surface area contributed by atoms with E-state index in [1.165, 1.54) is 0 Å². The van der Waals surface area contributed by atoms with Crippen LogP contribution in [0.4, 0.5) is 5.69 Å². The van der Waals surface area contributed by atoms with Gasteiger partial charge in [0.25, 0.3) is 0 Å². The fourth-order valence-corrected chi connectivity index (χ4v) is 3.63. The maximum absolute atomic E-state index is 12.5. The molecule has 0 bridgehead atoms. The van der Waals surface area contributed by atoms with E-state index in [9.17, 15) is 4.79 Å². The minimum Gasteiger partial charge on any atom is -0.340 e. The average molecular weight is 357 g/mol. The van der Waals surface area contributed by atoms with Crippen molar-refractivity contribution in [2.75, 3.05) is 11.4 Å². The van der Waals surface area contributed by atoms with Gasteiger partial charge in [-0.05, 0) is 18.2 Å². The second-order valence-corrected chi connectivity index (χ2v) is 6.76. The largest absolute Gasteiger partial charge is 0.340 e. The lowest BCUT2D eigenvalue weighted by Crippen LogP contribution is -2.23. The monoisotopic (exact) mass is 357 g/mol. The zero-order valence-electron chi connectivity index (χ0n) is 14.5. The zero-order valence-corrected chi connectivity index (χ0v) is 14.5. The van der Waals surface area contributed by atoms with E-state index in [-0.39, 0.29) is 11.8 Å². The van der Waals surface area contributed by atoms with Crippen LogP contribution in [0, 0.1) is 11.3 Å². The third kappa shape index (κ3) is 2.44. The van der Waals surface area contributed by atoms with Gasteiger partial charge in [0.15, 0.2) is 0 Å². The number of carbonyl (C=O) groups is 1. The molecule has 1 aliphatic heterocycles. The standard InChI is InChI=1S/C19H15N7O/c1-25-10-13(7-22-25)26-9-12(5-17(26)27)19-23-16-8-21-15-3-2-11(6-20)4-14(15)18(16)24-19/h2-4,7-8,10,12H,5,9H2,1H3,(H,23,24)/t12-/m1/s1. The molecule has 5 rings (SSSR count). The molecule has 8 heteroatoms. The van der Waals surface area contributed by atoms with E-state index in [2.05, 4.69) is 21.1 Å². The Morgan fingerprint density at radius 1 is 1.33 bits per heavy atom. The molecule has 1 saturated heterocycles. The van der Waals surface area contributed by atoms with E-state index in [0.29, 0.717) is 18.5 Å². The van der Waals surface area contributed by atoms with E-state index in [1.54, 1.807) is 34.1 Å². The number of nitrogens with zero attached hydrogens (tertiary/aromatic N) is 6. The van der Waals surface area contributed by atoms with Crippen LogP contribution in [-0.4, -0.2) is 37.2 Å². The van der Waals surface area contributed by atoms with Gasteiger partial charge in [-0.25, -0.2) is 4.98 Å². The van der Waals surface area contributed by atoms with Crippen molar-refractivity contribution in [1.29, 1.82) is 5.26 Å². The van der Waals surface area contributed by atoms with Gasteiger partial charge < -0.3 is 9.88 Å². The highest BCUT2D eigenvalue weighted by atomic mass is 16.2. The number of hydrogen-bond acceptors (Lipinski definition) is 5. The Balaban J connectivity index is 1.55. The number of aromatic nitrogens is 5. The quantitative estimate of drug-likeness (QED) is 0.592. The molecular weight excluding hydrogens is 342 g/mol. The van der Waals surface area contributed by atoms with Gasteiger partial charge in [0.1, 0.15) is 5.82 Å². The number of benzene rings is 1. The van der Waals surface area contributed by atoms with Crippen LogP contribution in [0.3, 0.4) is 0 Å². The highest BCUT2D eigenvalue weighted by Gasteiger charge is 2.34. The fourth-order valence-electron chi connectivity index (χ4n) is 3.63. The first kappa shape index (κ1) is 15.5. The predicted molar refractivity (Wildman–Crippen MR) is 99.0 cm³/mol. The lowest BCUT2D eigenvalue weighted by Gasteiger charge is -2.13. The number of anilines is 1. The minimum atomic E-state index is -0.0284. The van der Waals surface area contributed by atoms with Gasteiger partial charge in [0.2, 0.25) is 5.91 Å². The third-order valence-electron chi connectivity index (χ3n) is 4.98. The van der Waals surface area contributed by atoms with Crippen LogP contribution < -0.4 is 4.90 Å². The summed E-state index contributed by atoms with van der Waals surface area (Å²) in [6.07, 6.45) is 5.67. The number of H-pyrrole nitrogens is 1. The Hall–Kier alpha value is -3.73. The Morgan fingerprint density at radius 2 is 2.22 bits per heavy atom. The molecule has 0 aliphatic carbocycles. The van der Waals surface area contributed by atoms with E-state index < -0.39 is 0 Å². The maximum atomic E-state index is 12.5. The SMILES string of the molecule is Cn1cc(N2C[C@H](c3nc4c(cnc5ccc(C#N)cc54)[nH]3)CC2=O)cn1. The molecule has 4 aromatic rings. The van der Waals surface area contributed by atoms with Crippen LogP contribution in [0.15, 0.2) is 36.8 Å². The first-order valence-corrected chi connectivity index (χ1v) is 8.60. The van der Waals surface area contributed by atoms with Gasteiger partial charge in [0.05, 0.1) is 46.3 Å². The van der Waals surface area contributed by atoms with Crippen LogP contribution in [-0.2, 0) is 11.8 Å². The summed E-state index contributed by atoms with van der Waals surface area (Å²) in [4.78, 5) is 26.7. The van der Waals surface area contributed by atoms with Crippen molar-refractivity contribution in [2.45, 2.75) is 12.3 Å². The molecule has 0 saturated carbocycles. The number of rotatable bonds is 2. The molecular formula is C19H15N7O. The lowest BCUT2D eigenvalue weighted by atomic mass is 10.1. The number of fused-ring (bicyclic) bond motifs is 3. The molecule has 3 aromatic heterocycles. The Kier molecular flexibility index (Phi) is 3.24. The van der Waals surface area contributed by atoms with E-state index in [1.807, 2.05) is 19.3 Å². The topological polar surface area (TPSA) is 103 Å². The smallest absolute Gasteiger partial charge is 0.227 e. The van der Waals surface area contributed by atoms with Crippen LogP contribution in [0.1, 0.15) is 23.7 Å². The molecule has 0 radical (unpaired) electrons. The number of aryl methyl sites for hydroxylation is 1. The van der Waals surface area contributed by atoms with Crippen LogP contribution >= 0.6 is 0 Å². The maximum Gasteiger partial charge on any atom is 0.227 e. The Bertz CT molecular complexity index is 1250. The van der Waals surface area contributed by atoms with Crippen LogP contribution in [0.25, 0.3) is 21.9 Å². The molecule has 27 heavy (non-hydrogen) atoms. The summed E-state index contributed by atoms with van der Waals surface area (Å²) in [5.41, 5.74) is 3.74. The van der Waals surface area contributed by atoms with Crippen LogP contribution in [0.5, 0.6) is 0 Å². The molecule has 8 nitrogen and oxygen atoms in total. The molecule has 4 heterocycles. The average Bonchev–Trinajstić information content (AvgIpc) is 3.38. The molecule has 0 spiro atoms. The van der Waals surface area contributed by atoms with Gasteiger partial charge in [-0.2, -0.15) is 10.4 Å². The van der Waals surface area contributed by atoms with Gasteiger partial charge in [0, 0.05) is 37.5 Å². The molecule has 0 unspecified atom stereocenters. The number of aromatic amines is 1. The number of pyridine rings is 1. The number of carbonyl (C=O) groups excluding carboxylic acids is 1. The number of nitriles is 1. The summed E-state index contributed by atoms with van der Waals surface area (Å²) in [6.45, 7) is 0.555. The summed E-state index contributed by atoms with van der Waals surface area (Å²) in [7, 11) is 1.83. The second kappa shape index (κ2) is 5.64. The molecule has 1 aromatic carbocycles. The molecule has 1 N–H and O–H groups in total. The summed E-state index contributed by atoms with van der Waals surface area (Å²) < 4.78 is 1.68. The van der Waals surface area contributed by atoms with E-state index in [0.717, 1.165) is 33.4 Å². The molecule has 1 fully saturated rings. The molecule has 1 amide bonds.